The Bertz CT molecular complexity index is 1270. The lowest BCUT2D eigenvalue weighted by Gasteiger charge is -2.14. The van der Waals surface area contributed by atoms with Gasteiger partial charge >= 0.3 is 0 Å². The van der Waals surface area contributed by atoms with Crippen molar-refractivity contribution in [1.29, 1.82) is 0 Å². The highest BCUT2D eigenvalue weighted by Gasteiger charge is 2.25. The third-order valence-electron chi connectivity index (χ3n) is 5.48. The van der Waals surface area contributed by atoms with Gasteiger partial charge in [0, 0.05) is 11.1 Å². The molecule has 0 saturated heterocycles. The average Bonchev–Trinajstić information content (AvgIpc) is 3.38. The van der Waals surface area contributed by atoms with E-state index in [0.717, 1.165) is 0 Å². The monoisotopic (exact) mass is 476 g/mol. The molecular formula is C27H24O8. The minimum atomic E-state index is -0.511. The summed E-state index contributed by atoms with van der Waals surface area (Å²) in [6, 6.07) is 14.8. The van der Waals surface area contributed by atoms with Crippen molar-refractivity contribution in [1.82, 2.24) is 0 Å². The standard InChI is InChI=1S/C27H24O8/c1-30-19-8-6-17(7-9-19)25(28)20(11-16-5-10-21-22(12-16)35-15-34-21)26(29)18-13-23(31-2)27(33-4)24(14-18)32-3/h5-14H,15H2,1-4H3/b20-11-. The van der Waals surface area contributed by atoms with Gasteiger partial charge in [0.1, 0.15) is 5.75 Å². The molecule has 0 spiro atoms. The lowest BCUT2D eigenvalue weighted by Crippen LogP contribution is -2.14. The van der Waals surface area contributed by atoms with Gasteiger partial charge in [-0.3, -0.25) is 9.59 Å². The lowest BCUT2D eigenvalue weighted by molar-refractivity contribution is 0.0964. The van der Waals surface area contributed by atoms with Crippen molar-refractivity contribution in [3.05, 3.63) is 76.9 Å². The number of ether oxygens (including phenoxy) is 6. The lowest BCUT2D eigenvalue weighted by atomic mass is 9.93. The third kappa shape index (κ3) is 4.77. The van der Waals surface area contributed by atoms with E-state index < -0.39 is 11.6 Å². The molecule has 8 nitrogen and oxygen atoms in total. The van der Waals surface area contributed by atoms with Crippen molar-refractivity contribution in [2.45, 2.75) is 0 Å². The quantitative estimate of drug-likeness (QED) is 0.192. The summed E-state index contributed by atoms with van der Waals surface area (Å²) in [4.78, 5) is 27.3. The largest absolute Gasteiger partial charge is 0.497 e. The number of rotatable bonds is 9. The van der Waals surface area contributed by atoms with Gasteiger partial charge in [-0.15, -0.1) is 0 Å². The van der Waals surface area contributed by atoms with Crippen LogP contribution >= 0.6 is 0 Å². The number of carbonyl (C=O) groups excluding carboxylic acids is 2. The zero-order valence-electron chi connectivity index (χ0n) is 19.7. The van der Waals surface area contributed by atoms with Crippen molar-refractivity contribution in [2.75, 3.05) is 35.2 Å². The fraction of sp³-hybridized carbons (Fsp3) is 0.185. The van der Waals surface area contributed by atoms with Crippen LogP contribution in [0.3, 0.4) is 0 Å². The van der Waals surface area contributed by atoms with E-state index in [1.807, 2.05) is 0 Å². The molecule has 1 aliphatic rings. The molecule has 0 aliphatic carbocycles. The highest BCUT2D eigenvalue weighted by atomic mass is 16.7. The maximum absolute atomic E-state index is 13.7. The molecular weight excluding hydrogens is 452 g/mol. The molecule has 1 aliphatic heterocycles. The predicted molar refractivity (Wildman–Crippen MR) is 128 cm³/mol. The van der Waals surface area contributed by atoms with E-state index in [9.17, 15) is 9.59 Å². The summed E-state index contributed by atoms with van der Waals surface area (Å²) in [7, 11) is 5.92. The number of allylic oxidation sites excluding steroid dienone is 1. The van der Waals surface area contributed by atoms with Crippen LogP contribution in [0, 0.1) is 0 Å². The van der Waals surface area contributed by atoms with E-state index in [0.29, 0.717) is 45.6 Å². The van der Waals surface area contributed by atoms with Gasteiger partial charge in [0.25, 0.3) is 0 Å². The van der Waals surface area contributed by atoms with Crippen molar-refractivity contribution in [3.8, 4) is 34.5 Å². The van der Waals surface area contributed by atoms with E-state index in [1.165, 1.54) is 46.6 Å². The van der Waals surface area contributed by atoms with Crippen molar-refractivity contribution >= 4 is 17.6 Å². The van der Waals surface area contributed by atoms with Gasteiger partial charge < -0.3 is 28.4 Å². The molecule has 0 saturated carbocycles. The minimum Gasteiger partial charge on any atom is -0.497 e. The number of ketones is 2. The number of benzene rings is 3. The number of fused-ring (bicyclic) bond motifs is 1. The first-order valence-corrected chi connectivity index (χ1v) is 10.6. The highest BCUT2D eigenvalue weighted by Crippen LogP contribution is 2.39. The van der Waals surface area contributed by atoms with Crippen molar-refractivity contribution < 1.29 is 38.0 Å². The normalized spacial score (nSPS) is 12.2. The number of hydrogen-bond donors (Lipinski definition) is 0. The molecule has 0 unspecified atom stereocenters. The summed E-state index contributed by atoms with van der Waals surface area (Å²) in [6.45, 7) is 0.116. The highest BCUT2D eigenvalue weighted by molar-refractivity contribution is 6.33. The van der Waals surface area contributed by atoms with Crippen LogP contribution in [-0.2, 0) is 0 Å². The molecule has 180 valence electrons. The van der Waals surface area contributed by atoms with E-state index in [-0.39, 0.29) is 17.9 Å². The van der Waals surface area contributed by atoms with Crippen LogP contribution in [0.4, 0.5) is 0 Å². The molecule has 1 heterocycles. The Kier molecular flexibility index (Phi) is 6.91. The van der Waals surface area contributed by atoms with Gasteiger partial charge in [0.2, 0.25) is 12.5 Å². The molecule has 0 atom stereocenters. The molecule has 0 bridgehead atoms. The van der Waals surface area contributed by atoms with Gasteiger partial charge in [-0.05, 0) is 60.2 Å². The molecule has 35 heavy (non-hydrogen) atoms. The van der Waals surface area contributed by atoms with Crippen molar-refractivity contribution in [3.63, 3.8) is 0 Å². The molecule has 0 amide bonds. The Balaban J connectivity index is 1.82. The van der Waals surface area contributed by atoms with Gasteiger partial charge in [0.15, 0.2) is 34.6 Å². The minimum absolute atomic E-state index is 0.0525. The van der Waals surface area contributed by atoms with Crippen LogP contribution in [0.25, 0.3) is 6.08 Å². The maximum Gasteiger partial charge on any atom is 0.231 e. The van der Waals surface area contributed by atoms with E-state index in [4.69, 9.17) is 28.4 Å². The second kappa shape index (κ2) is 10.2. The number of carbonyl (C=O) groups is 2. The van der Waals surface area contributed by atoms with E-state index in [2.05, 4.69) is 0 Å². The Hall–Kier alpha value is -4.46. The molecule has 8 heteroatoms. The summed E-state index contributed by atoms with van der Waals surface area (Å²) >= 11 is 0. The predicted octanol–water partition coefficient (Wildman–Crippen LogP) is 4.60. The molecule has 3 aromatic rings. The first-order chi connectivity index (χ1) is 17.0. The Morgan fingerprint density at radius 1 is 0.714 bits per heavy atom. The van der Waals surface area contributed by atoms with Crippen LogP contribution in [0.2, 0.25) is 0 Å². The van der Waals surface area contributed by atoms with Gasteiger partial charge in [-0.2, -0.15) is 0 Å². The van der Waals surface area contributed by atoms with Gasteiger partial charge in [0.05, 0.1) is 34.0 Å². The van der Waals surface area contributed by atoms with Crippen LogP contribution in [0.1, 0.15) is 26.3 Å². The smallest absolute Gasteiger partial charge is 0.231 e. The van der Waals surface area contributed by atoms with E-state index >= 15 is 0 Å². The average molecular weight is 476 g/mol. The number of Topliss-reactive ketones (excluding diaryl/α,β-unsaturated/α-hetero) is 2. The summed E-state index contributed by atoms with van der Waals surface area (Å²) < 4.78 is 32.1. The Labute approximate surface area is 202 Å². The Morgan fingerprint density at radius 3 is 1.94 bits per heavy atom. The Morgan fingerprint density at radius 2 is 1.34 bits per heavy atom. The molecule has 0 aromatic heterocycles. The van der Waals surface area contributed by atoms with Crippen LogP contribution in [0.15, 0.2) is 60.2 Å². The number of hydrogen-bond acceptors (Lipinski definition) is 8. The van der Waals surface area contributed by atoms with Crippen LogP contribution < -0.4 is 28.4 Å². The zero-order valence-corrected chi connectivity index (χ0v) is 19.7. The SMILES string of the molecule is COc1ccc(C(=O)/C(=C/c2ccc3c(c2)OCO3)C(=O)c2cc(OC)c(OC)c(OC)c2)cc1. The maximum atomic E-state index is 13.7. The third-order valence-corrected chi connectivity index (χ3v) is 5.48. The second-order valence-corrected chi connectivity index (χ2v) is 7.47. The molecule has 0 N–H and O–H groups in total. The van der Waals surface area contributed by atoms with Gasteiger partial charge in [-0.1, -0.05) is 6.07 Å². The summed E-state index contributed by atoms with van der Waals surface area (Å²) in [6.07, 6.45) is 1.53. The number of methoxy groups -OCH3 is 4. The fourth-order valence-electron chi connectivity index (χ4n) is 3.67. The summed E-state index contributed by atoms with van der Waals surface area (Å²) in [5.74, 6) is 1.71. The van der Waals surface area contributed by atoms with Gasteiger partial charge in [-0.25, -0.2) is 0 Å². The molecule has 4 rings (SSSR count). The summed E-state index contributed by atoms with van der Waals surface area (Å²) in [5.41, 5.74) is 1.09. The molecule has 0 fully saturated rings. The molecule has 0 radical (unpaired) electrons. The second-order valence-electron chi connectivity index (χ2n) is 7.47. The topological polar surface area (TPSA) is 89.5 Å². The first kappa shape index (κ1) is 23.7. The van der Waals surface area contributed by atoms with Crippen LogP contribution in [-0.4, -0.2) is 46.8 Å². The van der Waals surface area contributed by atoms with E-state index in [1.54, 1.807) is 42.5 Å². The first-order valence-electron chi connectivity index (χ1n) is 10.6. The summed E-state index contributed by atoms with van der Waals surface area (Å²) in [5, 5.41) is 0. The van der Waals surface area contributed by atoms with Crippen molar-refractivity contribution in [2.24, 2.45) is 0 Å². The molecule has 3 aromatic carbocycles. The van der Waals surface area contributed by atoms with Crippen LogP contribution in [0.5, 0.6) is 34.5 Å². The zero-order chi connectivity index (χ0) is 24.9. The fourth-order valence-corrected chi connectivity index (χ4v) is 3.67.